The maximum atomic E-state index is 12.6. The second-order valence-electron chi connectivity index (χ2n) is 6.34. The van der Waals surface area contributed by atoms with Crippen LogP contribution in [0.5, 0.6) is 0 Å². The SMILES string of the molecule is Cc1nc([C@H]2CCCN(C(=O)Nc3ccc(-c4cscn4)cc3)C2)no1. The molecule has 0 saturated carbocycles. The Balaban J connectivity index is 1.39. The number of benzene rings is 1. The van der Waals surface area contributed by atoms with Gasteiger partial charge in [-0.2, -0.15) is 4.98 Å². The van der Waals surface area contributed by atoms with Crippen LogP contribution >= 0.6 is 11.3 Å². The second kappa shape index (κ2) is 7.25. The summed E-state index contributed by atoms with van der Waals surface area (Å²) in [7, 11) is 0. The van der Waals surface area contributed by atoms with Crippen molar-refractivity contribution in [3.05, 3.63) is 46.9 Å². The van der Waals surface area contributed by atoms with E-state index in [1.807, 2.05) is 40.1 Å². The van der Waals surface area contributed by atoms with Crippen molar-refractivity contribution >= 4 is 23.1 Å². The van der Waals surface area contributed by atoms with Gasteiger partial charge >= 0.3 is 6.03 Å². The molecule has 0 spiro atoms. The van der Waals surface area contributed by atoms with Crippen molar-refractivity contribution in [1.29, 1.82) is 0 Å². The third kappa shape index (κ3) is 3.60. The van der Waals surface area contributed by atoms with Crippen molar-refractivity contribution < 1.29 is 9.32 Å². The molecule has 0 bridgehead atoms. The highest BCUT2D eigenvalue weighted by Gasteiger charge is 2.27. The van der Waals surface area contributed by atoms with Gasteiger partial charge in [-0.1, -0.05) is 17.3 Å². The Morgan fingerprint density at radius 1 is 1.35 bits per heavy atom. The van der Waals surface area contributed by atoms with Gasteiger partial charge in [0.15, 0.2) is 5.82 Å². The normalized spacial score (nSPS) is 17.3. The topological polar surface area (TPSA) is 84.2 Å². The molecule has 1 aromatic carbocycles. The van der Waals surface area contributed by atoms with Gasteiger partial charge in [0.2, 0.25) is 5.89 Å². The number of carbonyl (C=O) groups excluding carboxylic acids is 1. The lowest BCUT2D eigenvalue weighted by Gasteiger charge is -2.31. The van der Waals surface area contributed by atoms with Crippen LogP contribution in [0.3, 0.4) is 0 Å². The number of aryl methyl sites for hydroxylation is 1. The quantitative estimate of drug-likeness (QED) is 0.756. The molecular weight excluding hydrogens is 350 g/mol. The lowest BCUT2D eigenvalue weighted by Crippen LogP contribution is -2.41. The first kappa shape index (κ1) is 16.7. The molecule has 2 aromatic heterocycles. The molecule has 26 heavy (non-hydrogen) atoms. The van der Waals surface area contributed by atoms with E-state index in [2.05, 4.69) is 20.4 Å². The molecule has 1 aliphatic rings. The zero-order valence-corrected chi connectivity index (χ0v) is 15.2. The van der Waals surface area contributed by atoms with E-state index in [-0.39, 0.29) is 11.9 Å². The number of hydrogen-bond donors (Lipinski definition) is 1. The van der Waals surface area contributed by atoms with E-state index < -0.39 is 0 Å². The Morgan fingerprint density at radius 3 is 2.88 bits per heavy atom. The van der Waals surface area contributed by atoms with Crippen LogP contribution in [-0.2, 0) is 0 Å². The number of likely N-dealkylation sites (tertiary alicyclic amines) is 1. The van der Waals surface area contributed by atoms with Gasteiger partial charge in [-0.15, -0.1) is 11.3 Å². The van der Waals surface area contributed by atoms with Crippen molar-refractivity contribution in [1.82, 2.24) is 20.0 Å². The number of nitrogens with one attached hydrogen (secondary N) is 1. The summed E-state index contributed by atoms with van der Waals surface area (Å²) >= 11 is 1.56. The smallest absolute Gasteiger partial charge is 0.321 e. The van der Waals surface area contributed by atoms with Crippen molar-refractivity contribution in [2.45, 2.75) is 25.7 Å². The molecule has 3 aromatic rings. The van der Waals surface area contributed by atoms with Crippen LogP contribution in [0.2, 0.25) is 0 Å². The Bertz CT molecular complexity index is 875. The number of piperidine rings is 1. The molecule has 7 nitrogen and oxygen atoms in total. The van der Waals surface area contributed by atoms with E-state index >= 15 is 0 Å². The number of hydrogen-bond acceptors (Lipinski definition) is 6. The fourth-order valence-electron chi connectivity index (χ4n) is 3.14. The van der Waals surface area contributed by atoms with Gasteiger partial charge in [-0.05, 0) is 25.0 Å². The number of nitrogens with zero attached hydrogens (tertiary/aromatic N) is 4. The minimum Gasteiger partial charge on any atom is -0.340 e. The van der Waals surface area contributed by atoms with E-state index in [1.165, 1.54) is 0 Å². The summed E-state index contributed by atoms with van der Waals surface area (Å²) in [4.78, 5) is 23.0. The highest BCUT2D eigenvalue weighted by atomic mass is 32.1. The fraction of sp³-hybridized carbons (Fsp3) is 0.333. The van der Waals surface area contributed by atoms with Crippen LogP contribution in [0.15, 0.2) is 39.7 Å². The third-order valence-electron chi connectivity index (χ3n) is 4.48. The molecule has 8 heteroatoms. The second-order valence-corrected chi connectivity index (χ2v) is 7.06. The van der Waals surface area contributed by atoms with Crippen LogP contribution in [0.25, 0.3) is 11.3 Å². The summed E-state index contributed by atoms with van der Waals surface area (Å²) in [6.07, 6.45) is 1.89. The average Bonchev–Trinajstić information content (AvgIpc) is 3.34. The molecule has 4 rings (SSSR count). The van der Waals surface area contributed by atoms with Crippen LogP contribution in [0, 0.1) is 6.92 Å². The molecule has 3 heterocycles. The molecule has 1 saturated heterocycles. The monoisotopic (exact) mass is 369 g/mol. The molecule has 0 aliphatic carbocycles. The predicted octanol–water partition coefficient (Wildman–Crippen LogP) is 3.91. The third-order valence-corrected chi connectivity index (χ3v) is 5.07. The molecule has 1 atom stereocenters. The van der Waals surface area contributed by atoms with E-state index in [4.69, 9.17) is 4.52 Å². The first-order valence-electron chi connectivity index (χ1n) is 8.54. The first-order chi connectivity index (χ1) is 12.7. The molecule has 1 fully saturated rings. The van der Waals surface area contributed by atoms with Gasteiger partial charge in [0.05, 0.1) is 11.2 Å². The minimum atomic E-state index is -0.101. The molecular formula is C18H19N5O2S. The number of aromatic nitrogens is 3. The summed E-state index contributed by atoms with van der Waals surface area (Å²) in [6.45, 7) is 3.11. The standard InChI is InChI=1S/C18H19N5O2S/c1-12-20-17(22-25-12)14-3-2-8-23(9-14)18(24)21-15-6-4-13(5-7-15)16-10-26-11-19-16/h4-7,10-11,14H,2-3,8-9H2,1H3,(H,21,24)/t14-/m0/s1. The average molecular weight is 369 g/mol. The highest BCUT2D eigenvalue weighted by Crippen LogP contribution is 2.26. The summed E-state index contributed by atoms with van der Waals surface area (Å²) in [5.41, 5.74) is 4.56. The zero-order valence-electron chi connectivity index (χ0n) is 14.4. The number of urea groups is 1. The molecule has 1 N–H and O–H groups in total. The molecule has 0 unspecified atom stereocenters. The maximum Gasteiger partial charge on any atom is 0.321 e. The van der Waals surface area contributed by atoms with Gasteiger partial charge in [-0.3, -0.25) is 0 Å². The van der Waals surface area contributed by atoms with Gasteiger partial charge in [0.25, 0.3) is 0 Å². The lowest BCUT2D eigenvalue weighted by molar-refractivity contribution is 0.190. The van der Waals surface area contributed by atoms with Crippen molar-refractivity contribution in [3.63, 3.8) is 0 Å². The van der Waals surface area contributed by atoms with Crippen LogP contribution in [-0.4, -0.2) is 39.1 Å². The van der Waals surface area contributed by atoms with Gasteiger partial charge in [0, 0.05) is 42.6 Å². The van der Waals surface area contributed by atoms with Crippen molar-refractivity contribution in [3.8, 4) is 11.3 Å². The number of anilines is 1. The first-order valence-corrected chi connectivity index (χ1v) is 9.48. The van der Waals surface area contributed by atoms with E-state index in [1.54, 1.807) is 18.3 Å². The summed E-state index contributed by atoms with van der Waals surface area (Å²) in [5, 5.41) is 8.97. The summed E-state index contributed by atoms with van der Waals surface area (Å²) < 4.78 is 5.07. The summed E-state index contributed by atoms with van der Waals surface area (Å²) in [5.74, 6) is 1.37. The molecule has 1 aliphatic heterocycles. The van der Waals surface area contributed by atoms with Crippen LogP contribution < -0.4 is 5.32 Å². The van der Waals surface area contributed by atoms with E-state index in [9.17, 15) is 4.79 Å². The molecule has 134 valence electrons. The van der Waals surface area contributed by atoms with E-state index in [0.717, 1.165) is 36.3 Å². The zero-order chi connectivity index (χ0) is 17.9. The molecule has 2 amide bonds. The minimum absolute atomic E-state index is 0.101. The van der Waals surface area contributed by atoms with Gasteiger partial charge in [-0.25, -0.2) is 9.78 Å². The number of amides is 2. The number of carbonyl (C=O) groups is 1. The Kier molecular flexibility index (Phi) is 4.66. The Hall–Kier alpha value is -2.74. The number of rotatable bonds is 3. The maximum absolute atomic E-state index is 12.6. The van der Waals surface area contributed by atoms with Crippen molar-refractivity contribution in [2.24, 2.45) is 0 Å². The lowest BCUT2D eigenvalue weighted by atomic mass is 9.98. The molecule has 0 radical (unpaired) electrons. The van der Waals surface area contributed by atoms with E-state index in [0.29, 0.717) is 18.3 Å². The largest absolute Gasteiger partial charge is 0.340 e. The summed E-state index contributed by atoms with van der Waals surface area (Å²) in [6, 6.07) is 7.63. The predicted molar refractivity (Wildman–Crippen MR) is 99.2 cm³/mol. The van der Waals surface area contributed by atoms with Gasteiger partial charge in [0.1, 0.15) is 0 Å². The highest BCUT2D eigenvalue weighted by molar-refractivity contribution is 7.07. The fourth-order valence-corrected chi connectivity index (χ4v) is 3.70. The van der Waals surface area contributed by atoms with Crippen LogP contribution in [0.1, 0.15) is 30.5 Å². The van der Waals surface area contributed by atoms with Crippen molar-refractivity contribution in [2.75, 3.05) is 18.4 Å². The van der Waals surface area contributed by atoms with Crippen LogP contribution in [0.4, 0.5) is 10.5 Å². The van der Waals surface area contributed by atoms with Gasteiger partial charge < -0.3 is 14.7 Å². The Labute approximate surface area is 155 Å². The Morgan fingerprint density at radius 2 is 2.19 bits per heavy atom. The number of thiazole rings is 1.